The summed E-state index contributed by atoms with van der Waals surface area (Å²) in [5.74, 6) is -0.920. The van der Waals surface area contributed by atoms with Gasteiger partial charge in [0.15, 0.2) is 0 Å². The number of aliphatic hydroxyl groups is 1. The second kappa shape index (κ2) is 6.94. The molecule has 1 fully saturated rings. The van der Waals surface area contributed by atoms with Crippen LogP contribution in [-0.2, 0) is 4.79 Å². The normalized spacial score (nSPS) is 31.0. The summed E-state index contributed by atoms with van der Waals surface area (Å²) in [6.45, 7) is 0. The zero-order valence-corrected chi connectivity index (χ0v) is 14.4. The fourth-order valence-electron chi connectivity index (χ4n) is 2.52. The van der Waals surface area contributed by atoms with E-state index in [2.05, 4.69) is 20.3 Å². The fraction of sp³-hybridized carbons (Fsp3) is 0.500. The van der Waals surface area contributed by atoms with Crippen LogP contribution in [0.1, 0.15) is 38.5 Å². The predicted molar refractivity (Wildman–Crippen MR) is 82.4 cm³/mol. The number of aliphatic carboxylic acids is 1. The van der Waals surface area contributed by atoms with Gasteiger partial charge in [0.1, 0.15) is 0 Å². The van der Waals surface area contributed by atoms with Crippen LogP contribution >= 0.6 is 15.9 Å². The van der Waals surface area contributed by atoms with Gasteiger partial charge in [0.05, 0.1) is 0 Å². The number of halogens is 1. The molecule has 0 amide bonds. The Hall–Kier alpha value is -0.551. The number of rotatable bonds is 2. The second-order valence-corrected chi connectivity index (χ2v) is 7.82. The second-order valence-electron chi connectivity index (χ2n) is 5.08. The summed E-state index contributed by atoms with van der Waals surface area (Å²) in [7, 11) is 0. The van der Waals surface area contributed by atoms with E-state index in [0.717, 1.165) is 41.1 Å². The Bertz CT molecular complexity index is 479. The summed E-state index contributed by atoms with van der Waals surface area (Å²) in [5.41, 5.74) is -0.462. The molecule has 4 nitrogen and oxygen atoms in total. The minimum absolute atomic E-state index is 0.0801. The average molecular weight is 407 g/mol. The molecule has 1 heterocycles. The van der Waals surface area contributed by atoms with Crippen LogP contribution in [0.5, 0.6) is 0 Å². The maximum atomic E-state index is 11.2. The van der Waals surface area contributed by atoms with Crippen molar-refractivity contribution in [3.8, 4) is 0 Å². The van der Waals surface area contributed by atoms with E-state index >= 15 is 0 Å². The number of nitrogens with one attached hydrogen (secondary N) is 1. The molecule has 3 N–H and O–H groups in total. The predicted octanol–water partition coefficient (Wildman–Crippen LogP) is 2.43. The van der Waals surface area contributed by atoms with Crippen LogP contribution in [-0.4, -0.2) is 37.0 Å². The molecule has 0 aromatic carbocycles. The fourth-order valence-corrected chi connectivity index (χ4v) is 5.37. The van der Waals surface area contributed by atoms with Crippen molar-refractivity contribution >= 4 is 37.1 Å². The van der Waals surface area contributed by atoms with Crippen molar-refractivity contribution in [1.82, 2.24) is 4.33 Å². The molecule has 0 aromatic heterocycles. The molecule has 0 atom stereocenters. The summed E-state index contributed by atoms with van der Waals surface area (Å²) in [6, 6.07) is 0. The van der Waals surface area contributed by atoms with E-state index in [1.165, 1.54) is 0 Å². The van der Waals surface area contributed by atoms with Crippen molar-refractivity contribution < 1.29 is 15.0 Å². The number of hydrogen-bond donors (Lipinski definition) is 3. The first kappa shape index (κ1) is 15.8. The van der Waals surface area contributed by atoms with Crippen molar-refractivity contribution in [3.05, 3.63) is 32.9 Å². The molecule has 1 aliphatic carbocycles. The molecule has 6 heteroatoms. The number of allylic oxidation sites excluding steroid dienone is 3. The zero-order valence-electron chi connectivity index (χ0n) is 11.1. The van der Waals surface area contributed by atoms with Gasteiger partial charge in [-0.05, 0) is 0 Å². The van der Waals surface area contributed by atoms with E-state index in [1.54, 1.807) is 18.4 Å². The van der Waals surface area contributed by atoms with E-state index in [4.69, 9.17) is 0 Å². The van der Waals surface area contributed by atoms with Crippen LogP contribution in [0.3, 0.4) is 0 Å². The third-order valence-electron chi connectivity index (χ3n) is 3.59. The monoisotopic (exact) mass is 407 g/mol. The van der Waals surface area contributed by atoms with Crippen molar-refractivity contribution in [1.29, 1.82) is 0 Å². The van der Waals surface area contributed by atoms with Gasteiger partial charge < -0.3 is 0 Å². The molecule has 1 aliphatic heterocycles. The van der Waals surface area contributed by atoms with E-state index < -0.39 is 11.6 Å². The van der Waals surface area contributed by atoms with Gasteiger partial charge in [0.2, 0.25) is 0 Å². The third kappa shape index (κ3) is 3.76. The molecule has 0 unspecified atom stereocenters. The van der Waals surface area contributed by atoms with E-state index in [0.29, 0.717) is 12.0 Å². The third-order valence-corrected chi connectivity index (χ3v) is 7.14. The van der Waals surface area contributed by atoms with Gasteiger partial charge in [-0.25, -0.2) is 0 Å². The van der Waals surface area contributed by atoms with Crippen LogP contribution in [0.2, 0.25) is 0 Å². The molecule has 0 saturated heterocycles. The van der Waals surface area contributed by atoms with E-state index in [9.17, 15) is 15.0 Å². The first-order valence-corrected chi connectivity index (χ1v) is 9.16. The summed E-state index contributed by atoms with van der Waals surface area (Å²) in [4.78, 5) is 11.2. The summed E-state index contributed by atoms with van der Waals surface area (Å²) in [5, 5.41) is 20.1. The first-order valence-electron chi connectivity index (χ1n) is 6.66. The zero-order chi connectivity index (χ0) is 14.6. The van der Waals surface area contributed by atoms with Gasteiger partial charge >= 0.3 is 133 Å². The number of hydrogen-bond acceptors (Lipinski definition) is 3. The molecule has 20 heavy (non-hydrogen) atoms. The molecule has 2 rings (SSSR count). The van der Waals surface area contributed by atoms with Crippen molar-refractivity contribution in [3.63, 3.8) is 0 Å². The Balaban J connectivity index is 2.32. The average Bonchev–Trinajstić information content (AvgIpc) is 2.50. The molecule has 2 aliphatic rings. The van der Waals surface area contributed by atoms with Crippen LogP contribution in [0, 0.1) is 0 Å². The van der Waals surface area contributed by atoms with E-state index in [-0.39, 0.29) is 15.2 Å². The topological polar surface area (TPSA) is 69.6 Å². The number of carboxylic acid groups (broad SMARTS) is 1. The number of carboxylic acids is 1. The van der Waals surface area contributed by atoms with Gasteiger partial charge in [0.25, 0.3) is 0 Å². The van der Waals surface area contributed by atoms with Gasteiger partial charge in [-0.15, -0.1) is 0 Å². The van der Waals surface area contributed by atoms with Crippen LogP contribution < -0.4 is 4.33 Å². The summed E-state index contributed by atoms with van der Waals surface area (Å²) in [6.07, 6.45) is 10.1. The quantitative estimate of drug-likeness (QED) is 0.616. The summed E-state index contributed by atoms with van der Waals surface area (Å²) < 4.78 is 4.95. The first-order chi connectivity index (χ1) is 9.53. The van der Waals surface area contributed by atoms with Crippen molar-refractivity contribution in [2.24, 2.45) is 0 Å². The van der Waals surface area contributed by atoms with Gasteiger partial charge in [0, 0.05) is 0 Å². The van der Waals surface area contributed by atoms with Crippen LogP contribution in [0.15, 0.2) is 32.9 Å². The van der Waals surface area contributed by atoms with Crippen molar-refractivity contribution in [2.45, 2.75) is 44.1 Å². The molecule has 1 saturated carbocycles. The Kier molecular flexibility index (Phi) is 5.49. The molecule has 110 valence electrons. The number of carbonyl (C=O) groups is 1. The molecular formula is C14H18BrNO3Se. The van der Waals surface area contributed by atoms with Gasteiger partial charge in [-0.2, -0.15) is 0 Å². The molecule has 0 radical (unpaired) electrons. The van der Waals surface area contributed by atoms with Crippen LogP contribution in [0.25, 0.3) is 0 Å². The Morgan fingerprint density at radius 1 is 1.35 bits per heavy atom. The molecular weight excluding hydrogens is 389 g/mol. The Morgan fingerprint density at radius 2 is 2.05 bits per heavy atom. The molecule has 0 bridgehead atoms. The van der Waals surface area contributed by atoms with E-state index in [1.807, 2.05) is 0 Å². The Labute approximate surface area is 133 Å². The van der Waals surface area contributed by atoms with Crippen molar-refractivity contribution in [2.75, 3.05) is 0 Å². The van der Waals surface area contributed by atoms with Gasteiger partial charge in [-0.1, -0.05) is 0 Å². The molecule has 0 spiro atoms. The minimum atomic E-state index is -0.920. The summed E-state index contributed by atoms with van der Waals surface area (Å²) >= 11 is 3.44. The standard InChI is InChI=1S/C14H18BrNO3Se/c15-11-9-10(13(17)18)5-4-8-16-20-12(11)14(19)6-2-1-3-7-14/h4-5,8,16,19H,1-3,6-7,9H2,(H,17,18)/b8-4-,10-5+,12-11+. The maximum absolute atomic E-state index is 11.2. The molecule has 0 aromatic rings. The Morgan fingerprint density at radius 3 is 2.70 bits per heavy atom. The SMILES string of the molecule is O=C(O)/C1=C/C=C\N[Se]/C(C2(O)CCCCC2)=C(/Br)C1. The van der Waals surface area contributed by atoms with Crippen LogP contribution in [0.4, 0.5) is 0 Å². The van der Waals surface area contributed by atoms with Gasteiger partial charge in [-0.3, -0.25) is 0 Å².